The van der Waals surface area contributed by atoms with Gasteiger partial charge in [-0.25, -0.2) is 0 Å². The Bertz CT molecular complexity index is 388. The molecule has 2 heteroatoms. The molecule has 0 aromatic heterocycles. The van der Waals surface area contributed by atoms with E-state index >= 15 is 0 Å². The largest absolute Gasteiger partial charge is 0.388 e. The summed E-state index contributed by atoms with van der Waals surface area (Å²) in [6.45, 7) is 6.02. The number of likely N-dealkylation sites (N-methyl/N-ethyl adjacent to an activating group) is 1. The first kappa shape index (κ1) is 11.6. The molecule has 1 fully saturated rings. The molecule has 0 aliphatic carbocycles. The number of benzene rings is 1. The second-order valence-electron chi connectivity index (χ2n) is 5.32. The Kier molecular flexibility index (Phi) is 3.04. The van der Waals surface area contributed by atoms with Gasteiger partial charge in [-0.2, -0.15) is 0 Å². The maximum Gasteiger partial charge on any atom is 0.0826 e. The minimum absolute atomic E-state index is 0.521. The van der Waals surface area contributed by atoms with Gasteiger partial charge in [-0.3, -0.25) is 0 Å². The van der Waals surface area contributed by atoms with Gasteiger partial charge in [-0.15, -0.1) is 0 Å². The first-order valence-electron chi connectivity index (χ1n) is 5.96. The molecular formula is C14H21NO. The average Bonchev–Trinajstić information content (AvgIpc) is 2.52. The van der Waals surface area contributed by atoms with E-state index in [0.717, 1.165) is 25.9 Å². The van der Waals surface area contributed by atoms with Crippen molar-refractivity contribution in [3.8, 4) is 0 Å². The van der Waals surface area contributed by atoms with E-state index < -0.39 is 5.60 Å². The lowest BCUT2D eigenvalue weighted by atomic mass is 9.90. The topological polar surface area (TPSA) is 23.5 Å². The molecule has 88 valence electrons. The zero-order valence-corrected chi connectivity index (χ0v) is 10.5. The number of hydrogen-bond acceptors (Lipinski definition) is 2. The first-order chi connectivity index (χ1) is 7.48. The van der Waals surface area contributed by atoms with E-state index in [9.17, 15) is 5.11 Å². The van der Waals surface area contributed by atoms with Crippen molar-refractivity contribution in [1.29, 1.82) is 0 Å². The van der Waals surface area contributed by atoms with Crippen molar-refractivity contribution in [3.05, 3.63) is 34.9 Å². The lowest BCUT2D eigenvalue weighted by Gasteiger charge is -2.23. The van der Waals surface area contributed by atoms with Crippen LogP contribution < -0.4 is 0 Å². The van der Waals surface area contributed by atoms with Crippen LogP contribution in [0.5, 0.6) is 0 Å². The van der Waals surface area contributed by atoms with Crippen molar-refractivity contribution in [3.63, 3.8) is 0 Å². The number of likely N-dealkylation sites (tertiary alicyclic amines) is 1. The van der Waals surface area contributed by atoms with Gasteiger partial charge in [0, 0.05) is 19.5 Å². The predicted octanol–water partition coefficient (Wildman–Crippen LogP) is 1.91. The Morgan fingerprint density at radius 2 is 2.12 bits per heavy atom. The zero-order valence-electron chi connectivity index (χ0n) is 10.5. The summed E-state index contributed by atoms with van der Waals surface area (Å²) in [7, 11) is 2.07. The summed E-state index contributed by atoms with van der Waals surface area (Å²) in [6.07, 6.45) is 1.67. The molecule has 2 rings (SSSR count). The smallest absolute Gasteiger partial charge is 0.0826 e. The molecule has 1 heterocycles. The Morgan fingerprint density at radius 3 is 2.75 bits per heavy atom. The number of aryl methyl sites for hydroxylation is 2. The fourth-order valence-corrected chi connectivity index (χ4v) is 2.55. The first-order valence-corrected chi connectivity index (χ1v) is 5.96. The van der Waals surface area contributed by atoms with Crippen LogP contribution in [0.2, 0.25) is 0 Å². The Hall–Kier alpha value is -0.860. The van der Waals surface area contributed by atoms with Crippen molar-refractivity contribution < 1.29 is 5.11 Å². The van der Waals surface area contributed by atoms with Crippen LogP contribution >= 0.6 is 0 Å². The lowest BCUT2D eigenvalue weighted by Crippen LogP contribution is -2.34. The average molecular weight is 219 g/mol. The molecule has 1 atom stereocenters. The van der Waals surface area contributed by atoms with Crippen LogP contribution in [0.3, 0.4) is 0 Å². The summed E-state index contributed by atoms with van der Waals surface area (Å²) in [6, 6.07) is 6.47. The Morgan fingerprint density at radius 1 is 1.38 bits per heavy atom. The number of rotatable bonds is 2. The number of hydrogen-bond donors (Lipinski definition) is 1. The van der Waals surface area contributed by atoms with Gasteiger partial charge in [0.15, 0.2) is 0 Å². The second kappa shape index (κ2) is 4.19. The number of nitrogens with zero attached hydrogens (tertiary/aromatic N) is 1. The van der Waals surface area contributed by atoms with Gasteiger partial charge in [0.1, 0.15) is 0 Å². The molecule has 1 aliphatic heterocycles. The summed E-state index contributed by atoms with van der Waals surface area (Å²) in [5, 5.41) is 10.5. The highest BCUT2D eigenvalue weighted by molar-refractivity contribution is 5.31. The van der Waals surface area contributed by atoms with Crippen LogP contribution in [0, 0.1) is 13.8 Å². The molecule has 2 nitrogen and oxygen atoms in total. The third kappa shape index (κ3) is 2.45. The molecule has 0 bridgehead atoms. The second-order valence-corrected chi connectivity index (χ2v) is 5.32. The highest BCUT2D eigenvalue weighted by atomic mass is 16.3. The minimum atomic E-state index is -0.521. The van der Waals surface area contributed by atoms with E-state index in [2.05, 4.69) is 44.0 Å². The summed E-state index contributed by atoms with van der Waals surface area (Å²) in [5.41, 5.74) is 3.33. The summed E-state index contributed by atoms with van der Waals surface area (Å²) >= 11 is 0. The van der Waals surface area contributed by atoms with Crippen LogP contribution in [0.25, 0.3) is 0 Å². The van der Waals surface area contributed by atoms with E-state index in [4.69, 9.17) is 0 Å². The number of β-amino-alcohol motifs (C(OH)–C–C–N with tert-alkyl or cyclic N) is 1. The van der Waals surface area contributed by atoms with Gasteiger partial charge in [0.2, 0.25) is 0 Å². The van der Waals surface area contributed by atoms with E-state index in [1.807, 2.05) is 0 Å². The summed E-state index contributed by atoms with van der Waals surface area (Å²) in [5.74, 6) is 0. The van der Waals surface area contributed by atoms with Crippen molar-refractivity contribution >= 4 is 0 Å². The highest BCUT2D eigenvalue weighted by Gasteiger charge is 2.34. The fourth-order valence-electron chi connectivity index (χ4n) is 2.55. The van der Waals surface area contributed by atoms with Gasteiger partial charge in [0.25, 0.3) is 0 Å². The predicted molar refractivity (Wildman–Crippen MR) is 66.7 cm³/mol. The third-order valence-electron chi connectivity index (χ3n) is 3.55. The monoisotopic (exact) mass is 219 g/mol. The molecular weight excluding hydrogens is 198 g/mol. The van der Waals surface area contributed by atoms with E-state index in [-0.39, 0.29) is 0 Å². The van der Waals surface area contributed by atoms with Crippen LogP contribution in [-0.2, 0) is 6.42 Å². The molecule has 1 aromatic carbocycles. The van der Waals surface area contributed by atoms with E-state index in [1.165, 1.54) is 16.7 Å². The van der Waals surface area contributed by atoms with Gasteiger partial charge >= 0.3 is 0 Å². The van der Waals surface area contributed by atoms with E-state index in [1.54, 1.807) is 0 Å². The SMILES string of the molecule is Cc1ccc(C)c(CC2(O)CCN(C)C2)c1. The zero-order chi connectivity index (χ0) is 11.8. The van der Waals surface area contributed by atoms with Crippen LogP contribution in [0.4, 0.5) is 0 Å². The Labute approximate surface area is 97.9 Å². The third-order valence-corrected chi connectivity index (χ3v) is 3.55. The van der Waals surface area contributed by atoms with Crippen molar-refractivity contribution in [2.45, 2.75) is 32.3 Å². The minimum Gasteiger partial charge on any atom is -0.388 e. The summed E-state index contributed by atoms with van der Waals surface area (Å²) in [4.78, 5) is 2.20. The fraction of sp³-hybridized carbons (Fsp3) is 0.571. The van der Waals surface area contributed by atoms with Crippen molar-refractivity contribution in [2.24, 2.45) is 0 Å². The number of aliphatic hydroxyl groups is 1. The molecule has 0 amide bonds. The standard InChI is InChI=1S/C14H21NO/c1-11-4-5-12(2)13(8-11)9-14(16)6-7-15(3)10-14/h4-5,8,16H,6-7,9-10H2,1-3H3. The molecule has 1 aliphatic rings. The van der Waals surface area contributed by atoms with Crippen molar-refractivity contribution in [2.75, 3.05) is 20.1 Å². The van der Waals surface area contributed by atoms with Gasteiger partial charge < -0.3 is 10.0 Å². The highest BCUT2D eigenvalue weighted by Crippen LogP contribution is 2.26. The molecule has 0 radical (unpaired) electrons. The molecule has 1 saturated heterocycles. The summed E-state index contributed by atoms with van der Waals surface area (Å²) < 4.78 is 0. The van der Waals surface area contributed by atoms with Crippen molar-refractivity contribution in [1.82, 2.24) is 4.90 Å². The molecule has 1 unspecified atom stereocenters. The van der Waals surface area contributed by atoms with Crippen LogP contribution in [0.15, 0.2) is 18.2 Å². The van der Waals surface area contributed by atoms with Gasteiger partial charge in [-0.05, 0) is 38.4 Å². The lowest BCUT2D eigenvalue weighted by molar-refractivity contribution is 0.0522. The van der Waals surface area contributed by atoms with Gasteiger partial charge in [-0.1, -0.05) is 23.8 Å². The van der Waals surface area contributed by atoms with Crippen LogP contribution in [0.1, 0.15) is 23.1 Å². The Balaban J connectivity index is 2.17. The molecule has 1 aromatic rings. The maximum atomic E-state index is 10.5. The van der Waals surface area contributed by atoms with E-state index in [0.29, 0.717) is 0 Å². The molecule has 0 saturated carbocycles. The maximum absolute atomic E-state index is 10.5. The molecule has 16 heavy (non-hydrogen) atoms. The van der Waals surface area contributed by atoms with Crippen LogP contribution in [-0.4, -0.2) is 35.7 Å². The normalized spacial score (nSPS) is 26.2. The molecule has 1 N–H and O–H groups in total. The molecule has 0 spiro atoms. The van der Waals surface area contributed by atoms with Gasteiger partial charge in [0.05, 0.1) is 5.60 Å². The quantitative estimate of drug-likeness (QED) is 0.821.